The van der Waals surface area contributed by atoms with Gasteiger partial charge < -0.3 is 20.4 Å². The predicted octanol–water partition coefficient (Wildman–Crippen LogP) is 0.944. The van der Waals surface area contributed by atoms with Crippen molar-refractivity contribution in [3.05, 3.63) is 18.0 Å². The molecule has 0 atom stereocenters. The van der Waals surface area contributed by atoms with Crippen LogP contribution in [0.3, 0.4) is 0 Å². The summed E-state index contributed by atoms with van der Waals surface area (Å²) in [5.74, 6) is -0.867. The summed E-state index contributed by atoms with van der Waals surface area (Å²) in [6.07, 6.45) is 1.67. The molecule has 0 saturated heterocycles. The maximum Gasteiger partial charge on any atom is 0.355 e. The van der Waals surface area contributed by atoms with Crippen molar-refractivity contribution in [3.8, 4) is 0 Å². The summed E-state index contributed by atoms with van der Waals surface area (Å²) >= 11 is 0. The first kappa shape index (κ1) is 14.1. The molecule has 0 aromatic carbocycles. The number of anilines is 1. The molecule has 1 aromatic rings. The number of nitrogens with zero attached hydrogens (tertiary/aromatic N) is 1. The van der Waals surface area contributed by atoms with Crippen LogP contribution >= 0.6 is 0 Å². The van der Waals surface area contributed by atoms with E-state index in [-0.39, 0.29) is 18.6 Å². The van der Waals surface area contributed by atoms with Crippen molar-refractivity contribution in [1.82, 2.24) is 9.88 Å². The Morgan fingerprint density at radius 2 is 2.17 bits per heavy atom. The number of nitrogens with one attached hydrogen (secondary N) is 1. The second-order valence-electron chi connectivity index (χ2n) is 4.19. The van der Waals surface area contributed by atoms with Gasteiger partial charge in [0.1, 0.15) is 5.69 Å². The van der Waals surface area contributed by atoms with Crippen LogP contribution in [-0.2, 0) is 9.53 Å². The molecule has 1 rings (SSSR count). The molecular weight excluding hydrogens is 234 g/mol. The van der Waals surface area contributed by atoms with E-state index in [0.29, 0.717) is 17.9 Å². The highest BCUT2D eigenvalue weighted by Gasteiger charge is 2.17. The van der Waals surface area contributed by atoms with Gasteiger partial charge in [-0.25, -0.2) is 4.79 Å². The van der Waals surface area contributed by atoms with E-state index in [1.807, 2.05) is 13.8 Å². The average molecular weight is 253 g/mol. The first-order chi connectivity index (χ1) is 8.45. The van der Waals surface area contributed by atoms with E-state index in [1.54, 1.807) is 23.8 Å². The lowest BCUT2D eigenvalue weighted by molar-refractivity contribution is -0.124. The highest BCUT2D eigenvalue weighted by molar-refractivity contribution is 5.91. The zero-order chi connectivity index (χ0) is 13.7. The smallest absolute Gasteiger partial charge is 0.355 e. The van der Waals surface area contributed by atoms with Crippen LogP contribution in [0.15, 0.2) is 12.3 Å². The number of carbonyl (C=O) groups is 2. The van der Waals surface area contributed by atoms with Gasteiger partial charge in [0.2, 0.25) is 0 Å². The van der Waals surface area contributed by atoms with Gasteiger partial charge >= 0.3 is 5.97 Å². The summed E-state index contributed by atoms with van der Waals surface area (Å²) < 4.78 is 6.64. The van der Waals surface area contributed by atoms with Crippen molar-refractivity contribution < 1.29 is 14.3 Å². The number of likely N-dealkylation sites (N-methyl/N-ethyl adjacent to an activating group) is 1. The third-order valence-corrected chi connectivity index (χ3v) is 2.34. The van der Waals surface area contributed by atoms with E-state index in [1.165, 1.54) is 0 Å². The lowest BCUT2D eigenvalue weighted by Gasteiger charge is -2.11. The van der Waals surface area contributed by atoms with Crippen molar-refractivity contribution in [2.24, 2.45) is 0 Å². The summed E-state index contributed by atoms with van der Waals surface area (Å²) in [7, 11) is 0. The molecule has 0 saturated carbocycles. The Bertz CT molecular complexity index is 438. The summed E-state index contributed by atoms with van der Waals surface area (Å²) in [6, 6.07) is 1.63. The van der Waals surface area contributed by atoms with Gasteiger partial charge in [-0.1, -0.05) is 0 Å². The average Bonchev–Trinajstić information content (AvgIpc) is 2.69. The Morgan fingerprint density at radius 3 is 2.72 bits per heavy atom. The maximum atomic E-state index is 11.8. The third kappa shape index (κ3) is 3.51. The standard InChI is InChI=1S/C12H19N3O3/c1-4-14-11(16)7-18-12(17)10-5-9(13)6-15(10)8(2)3/h5-6,8H,4,7,13H2,1-3H3,(H,14,16). The lowest BCUT2D eigenvalue weighted by Crippen LogP contribution is -2.28. The van der Waals surface area contributed by atoms with Gasteiger partial charge in [-0.05, 0) is 26.8 Å². The largest absolute Gasteiger partial charge is 0.451 e. The molecular formula is C12H19N3O3. The van der Waals surface area contributed by atoms with Crippen molar-refractivity contribution in [2.45, 2.75) is 26.8 Å². The number of hydrogen-bond donors (Lipinski definition) is 2. The molecule has 0 bridgehead atoms. The van der Waals surface area contributed by atoms with Crippen LogP contribution in [0.2, 0.25) is 0 Å². The molecule has 1 aromatic heterocycles. The van der Waals surface area contributed by atoms with Crippen LogP contribution < -0.4 is 11.1 Å². The number of carbonyl (C=O) groups excluding carboxylic acids is 2. The monoisotopic (exact) mass is 253 g/mol. The summed E-state index contributed by atoms with van der Waals surface area (Å²) in [4.78, 5) is 23.0. The number of esters is 1. The van der Waals surface area contributed by atoms with E-state index in [0.717, 1.165) is 0 Å². The minimum Gasteiger partial charge on any atom is -0.451 e. The van der Waals surface area contributed by atoms with Crippen LogP contribution in [0, 0.1) is 0 Å². The van der Waals surface area contributed by atoms with Crippen LogP contribution in [0.5, 0.6) is 0 Å². The number of aromatic nitrogens is 1. The van der Waals surface area contributed by atoms with Gasteiger partial charge in [-0.3, -0.25) is 4.79 Å². The van der Waals surface area contributed by atoms with E-state index in [4.69, 9.17) is 10.5 Å². The number of rotatable bonds is 5. The predicted molar refractivity (Wildman–Crippen MR) is 68.2 cm³/mol. The van der Waals surface area contributed by atoms with E-state index < -0.39 is 5.97 Å². The molecule has 0 aliphatic rings. The Balaban J connectivity index is 2.69. The molecule has 1 heterocycles. The molecule has 0 aliphatic heterocycles. The van der Waals surface area contributed by atoms with E-state index >= 15 is 0 Å². The Kier molecular flexibility index (Phi) is 4.76. The van der Waals surface area contributed by atoms with Crippen LogP contribution in [0.4, 0.5) is 5.69 Å². The maximum absolute atomic E-state index is 11.8. The molecule has 100 valence electrons. The first-order valence-electron chi connectivity index (χ1n) is 5.86. The van der Waals surface area contributed by atoms with Crippen molar-refractivity contribution in [3.63, 3.8) is 0 Å². The number of nitrogens with two attached hydrogens (primary N) is 1. The van der Waals surface area contributed by atoms with E-state index in [9.17, 15) is 9.59 Å². The molecule has 0 fully saturated rings. The second-order valence-corrected chi connectivity index (χ2v) is 4.19. The van der Waals surface area contributed by atoms with Gasteiger partial charge in [0.15, 0.2) is 6.61 Å². The molecule has 0 radical (unpaired) electrons. The molecule has 0 aliphatic carbocycles. The van der Waals surface area contributed by atoms with Gasteiger partial charge in [-0.15, -0.1) is 0 Å². The summed E-state index contributed by atoms with van der Waals surface area (Å²) in [5.41, 5.74) is 6.50. The highest BCUT2D eigenvalue weighted by atomic mass is 16.5. The minimum atomic E-state index is -0.549. The fourth-order valence-electron chi connectivity index (χ4n) is 1.54. The normalized spacial score (nSPS) is 10.4. The molecule has 18 heavy (non-hydrogen) atoms. The molecule has 3 N–H and O–H groups in total. The van der Waals surface area contributed by atoms with Crippen LogP contribution in [0.25, 0.3) is 0 Å². The summed E-state index contributed by atoms with van der Waals surface area (Å²) in [5, 5.41) is 2.55. The Morgan fingerprint density at radius 1 is 1.50 bits per heavy atom. The van der Waals surface area contributed by atoms with Gasteiger partial charge in [0, 0.05) is 18.8 Å². The third-order valence-electron chi connectivity index (χ3n) is 2.34. The topological polar surface area (TPSA) is 86.3 Å². The van der Waals surface area contributed by atoms with Gasteiger partial charge in [0.25, 0.3) is 5.91 Å². The number of amides is 1. The van der Waals surface area contributed by atoms with Crippen molar-refractivity contribution in [2.75, 3.05) is 18.9 Å². The van der Waals surface area contributed by atoms with Crippen LogP contribution in [0.1, 0.15) is 37.3 Å². The number of ether oxygens (including phenoxy) is 1. The fourth-order valence-corrected chi connectivity index (χ4v) is 1.54. The Labute approximate surface area is 106 Å². The van der Waals surface area contributed by atoms with E-state index in [2.05, 4.69) is 5.32 Å². The highest BCUT2D eigenvalue weighted by Crippen LogP contribution is 2.17. The molecule has 0 unspecified atom stereocenters. The molecule has 6 nitrogen and oxygen atoms in total. The van der Waals surface area contributed by atoms with Gasteiger partial charge in [-0.2, -0.15) is 0 Å². The molecule has 0 spiro atoms. The zero-order valence-corrected chi connectivity index (χ0v) is 10.9. The Hall–Kier alpha value is -1.98. The zero-order valence-electron chi connectivity index (χ0n) is 10.9. The lowest BCUT2D eigenvalue weighted by atomic mass is 10.3. The molecule has 6 heteroatoms. The fraction of sp³-hybridized carbons (Fsp3) is 0.500. The second kappa shape index (κ2) is 6.09. The first-order valence-corrected chi connectivity index (χ1v) is 5.86. The minimum absolute atomic E-state index is 0.0920. The van der Waals surface area contributed by atoms with Gasteiger partial charge in [0.05, 0.1) is 5.69 Å². The SMILES string of the molecule is CCNC(=O)COC(=O)c1cc(N)cn1C(C)C. The quantitative estimate of drug-likeness (QED) is 0.765. The summed E-state index contributed by atoms with van der Waals surface area (Å²) in [6.45, 7) is 5.88. The number of hydrogen-bond acceptors (Lipinski definition) is 4. The molecule has 1 amide bonds. The van der Waals surface area contributed by atoms with Crippen molar-refractivity contribution in [1.29, 1.82) is 0 Å². The number of nitrogen functional groups attached to an aromatic ring is 1. The van der Waals surface area contributed by atoms with Crippen LogP contribution in [-0.4, -0.2) is 29.6 Å². The van der Waals surface area contributed by atoms with Crippen molar-refractivity contribution >= 4 is 17.6 Å².